The number of hydrogen-bond donors (Lipinski definition) is 3. The molecule has 0 unspecified atom stereocenters. The number of thiol groups is 1. The fourth-order valence-electron chi connectivity index (χ4n) is 6.73. The minimum atomic E-state index is -0.841. The summed E-state index contributed by atoms with van der Waals surface area (Å²) in [5.41, 5.74) is 0.792. The topological polar surface area (TPSA) is 115 Å². The summed E-state index contributed by atoms with van der Waals surface area (Å²) in [6.45, 7) is 13.8. The first-order valence-electron chi connectivity index (χ1n) is 16.6. The van der Waals surface area contributed by atoms with Crippen LogP contribution in [0.5, 0.6) is 0 Å². The van der Waals surface area contributed by atoms with Gasteiger partial charge in [-0.2, -0.15) is 5.06 Å². The van der Waals surface area contributed by atoms with Crippen molar-refractivity contribution < 1.29 is 29.1 Å². The van der Waals surface area contributed by atoms with Gasteiger partial charge in [-0.1, -0.05) is 46.8 Å². The second kappa shape index (κ2) is 15.0. The van der Waals surface area contributed by atoms with E-state index in [9.17, 15) is 14.4 Å². The lowest BCUT2D eigenvalue weighted by Gasteiger charge is -2.55. The molecular weight excluding hydrogens is 606 g/mol. The molecule has 2 N–H and O–H groups in total. The van der Waals surface area contributed by atoms with Crippen molar-refractivity contribution in [2.75, 3.05) is 51.3 Å². The minimum Gasteiger partial charge on any atom is -0.394 e. The van der Waals surface area contributed by atoms with Crippen molar-refractivity contribution in [1.82, 2.24) is 19.8 Å². The standard InChI is InChI=1S/C34H51N5O6S/c1-23(2)20-27-33(43)38-26(21-34(3,4)5)32(42)37(24-12-14-36(15-13-24)16-18-44-19-17-40)22-30(38)39(45-27)31(41)11-10-29-35-25-8-6-7-9-28(25)46-29/h6-11,23-24,26-27,30,35,40,46H,12-22H2,1-5H3/b11-10+/t26-,27+,30-/m0/s1. The van der Waals surface area contributed by atoms with E-state index >= 15 is 0 Å². The van der Waals surface area contributed by atoms with Crippen molar-refractivity contribution in [3.8, 4) is 0 Å². The molecule has 5 rings (SSSR count). The van der Waals surface area contributed by atoms with Gasteiger partial charge in [0.2, 0.25) is 5.91 Å². The van der Waals surface area contributed by atoms with Gasteiger partial charge in [-0.15, -0.1) is 11.4 Å². The predicted octanol–water partition coefficient (Wildman–Crippen LogP) is 3.09. The van der Waals surface area contributed by atoms with E-state index in [0.717, 1.165) is 59.4 Å². The van der Waals surface area contributed by atoms with E-state index in [1.165, 1.54) is 11.1 Å². The number of hydroxylamine groups is 2. The van der Waals surface area contributed by atoms with E-state index in [4.69, 9.17) is 14.7 Å². The molecule has 46 heavy (non-hydrogen) atoms. The molecule has 3 amide bonds. The van der Waals surface area contributed by atoms with E-state index in [1.54, 1.807) is 11.0 Å². The highest BCUT2D eigenvalue weighted by Crippen LogP contribution is 2.36. The highest BCUT2D eigenvalue weighted by Gasteiger charge is 2.54. The van der Waals surface area contributed by atoms with Crippen LogP contribution in [0.3, 0.4) is 0 Å². The third kappa shape index (κ3) is 8.20. The summed E-state index contributed by atoms with van der Waals surface area (Å²) in [4.78, 5) is 56.6. The summed E-state index contributed by atoms with van der Waals surface area (Å²) in [6, 6.07) is 7.35. The van der Waals surface area contributed by atoms with Crippen LogP contribution in [0.1, 0.15) is 60.3 Å². The van der Waals surface area contributed by atoms with Crippen molar-refractivity contribution >= 4 is 39.7 Å². The molecule has 3 atom stereocenters. The molecule has 4 aliphatic rings. The quantitative estimate of drug-likeness (QED) is 0.144. The minimum absolute atomic E-state index is 0.00161. The number of hydrogen-bond acceptors (Lipinski definition) is 8. The van der Waals surface area contributed by atoms with Gasteiger partial charge in [-0.25, -0.2) is 0 Å². The Balaban J connectivity index is 1.39. The predicted molar refractivity (Wildman–Crippen MR) is 180 cm³/mol. The van der Waals surface area contributed by atoms with Gasteiger partial charge in [-0.05, 0) is 55.2 Å². The lowest BCUT2D eigenvalue weighted by Crippen LogP contribution is -2.74. The van der Waals surface area contributed by atoms with Gasteiger partial charge in [0.25, 0.3) is 11.8 Å². The van der Waals surface area contributed by atoms with Crippen LogP contribution >= 0.6 is 11.4 Å². The van der Waals surface area contributed by atoms with Crippen LogP contribution < -0.4 is 5.32 Å². The number of aliphatic hydroxyl groups is 1. The Morgan fingerprint density at radius 1 is 1.15 bits per heavy atom. The fourth-order valence-corrected chi connectivity index (χ4v) is 7.73. The number of amides is 3. The van der Waals surface area contributed by atoms with E-state index < -0.39 is 18.3 Å². The molecule has 0 aromatic heterocycles. The number of carbonyl (C=O) groups is 3. The molecule has 0 bridgehead atoms. The SMILES string of the molecule is CC(C)C[C@H]1ON(C(=O)/C=C/C2=[SH]c3ccccc3N2)[C@H]2CN(C3CCN(CCOCCO)CC3)C(=O)[C@H](CC(C)(C)C)N2C1=O. The average Bonchev–Trinajstić information content (AvgIpc) is 3.43. The average molecular weight is 658 g/mol. The van der Waals surface area contributed by atoms with Crippen molar-refractivity contribution in [1.29, 1.82) is 0 Å². The number of ether oxygens (including phenoxy) is 1. The highest BCUT2D eigenvalue weighted by molar-refractivity contribution is 7.99. The van der Waals surface area contributed by atoms with Crippen LogP contribution in [0, 0.1) is 11.3 Å². The molecular formula is C34H51N5O6S. The summed E-state index contributed by atoms with van der Waals surface area (Å²) in [5, 5.41) is 13.7. The Bertz CT molecular complexity index is 1320. The number of carbonyl (C=O) groups excluding carboxylic acids is 3. The summed E-state index contributed by atoms with van der Waals surface area (Å²) in [5.74, 6) is -0.448. The van der Waals surface area contributed by atoms with E-state index in [2.05, 4.69) is 37.1 Å². The molecule has 1 aromatic rings. The molecule has 4 aliphatic heterocycles. The zero-order chi connectivity index (χ0) is 33.0. The van der Waals surface area contributed by atoms with E-state index in [1.807, 2.05) is 36.9 Å². The summed E-state index contributed by atoms with van der Waals surface area (Å²) in [7, 11) is 0. The number of nitrogens with zero attached hydrogens (tertiary/aromatic N) is 4. The van der Waals surface area contributed by atoms with Gasteiger partial charge in [0.05, 0.1) is 37.0 Å². The number of anilines is 1. The molecule has 3 saturated heterocycles. The van der Waals surface area contributed by atoms with Crippen LogP contribution in [0.15, 0.2) is 41.3 Å². The van der Waals surface area contributed by atoms with Crippen LogP contribution in [0.25, 0.3) is 0 Å². The molecule has 0 saturated carbocycles. The summed E-state index contributed by atoms with van der Waals surface area (Å²) < 4.78 is 5.45. The highest BCUT2D eigenvalue weighted by atomic mass is 32.1. The number of rotatable bonds is 11. The molecule has 3 fully saturated rings. The molecule has 0 spiro atoms. The van der Waals surface area contributed by atoms with Gasteiger partial charge in [0.15, 0.2) is 12.3 Å². The third-order valence-corrected chi connectivity index (χ3v) is 10.0. The molecule has 1 aromatic carbocycles. The number of nitrogens with one attached hydrogen (secondary N) is 1. The number of aliphatic hydroxyl groups excluding tert-OH is 1. The lowest BCUT2D eigenvalue weighted by molar-refractivity contribution is -0.276. The van der Waals surface area contributed by atoms with Crippen LogP contribution in [-0.4, -0.2) is 118 Å². The Labute approximate surface area is 276 Å². The molecule has 4 heterocycles. The van der Waals surface area contributed by atoms with E-state index in [-0.39, 0.29) is 48.2 Å². The molecule has 254 valence electrons. The van der Waals surface area contributed by atoms with Gasteiger partial charge >= 0.3 is 0 Å². The van der Waals surface area contributed by atoms with Gasteiger partial charge < -0.3 is 29.9 Å². The summed E-state index contributed by atoms with van der Waals surface area (Å²) >= 11 is 0.987. The van der Waals surface area contributed by atoms with Crippen LogP contribution in [-0.2, 0) is 24.0 Å². The number of piperidine rings is 1. The maximum absolute atomic E-state index is 14.3. The monoisotopic (exact) mass is 657 g/mol. The zero-order valence-corrected chi connectivity index (χ0v) is 28.7. The second-order valence-corrected chi connectivity index (χ2v) is 15.5. The maximum Gasteiger partial charge on any atom is 0.272 e. The Morgan fingerprint density at radius 2 is 1.89 bits per heavy atom. The Morgan fingerprint density at radius 3 is 2.57 bits per heavy atom. The molecule has 0 aliphatic carbocycles. The van der Waals surface area contributed by atoms with Gasteiger partial charge in [-0.3, -0.25) is 19.2 Å². The first kappa shape index (κ1) is 34.6. The van der Waals surface area contributed by atoms with Gasteiger partial charge in [0, 0.05) is 36.6 Å². The van der Waals surface area contributed by atoms with Crippen LogP contribution in [0.2, 0.25) is 0 Å². The fraction of sp³-hybridized carbons (Fsp3) is 0.647. The van der Waals surface area contributed by atoms with Gasteiger partial charge in [0.1, 0.15) is 6.04 Å². The normalized spacial score (nSPS) is 24.6. The first-order chi connectivity index (χ1) is 21.9. The third-order valence-electron chi connectivity index (χ3n) is 8.91. The lowest BCUT2D eigenvalue weighted by atomic mass is 9.84. The number of benzene rings is 1. The van der Waals surface area contributed by atoms with Crippen molar-refractivity contribution in [3.05, 3.63) is 36.4 Å². The second-order valence-electron chi connectivity index (χ2n) is 14.3. The maximum atomic E-state index is 14.3. The Hall–Kier alpha value is -2.77. The molecule has 11 nitrogen and oxygen atoms in total. The Kier molecular flexibility index (Phi) is 11.3. The van der Waals surface area contributed by atoms with Crippen molar-refractivity contribution in [2.45, 2.75) is 89.6 Å². The van der Waals surface area contributed by atoms with Crippen LogP contribution in [0.4, 0.5) is 5.69 Å². The first-order valence-corrected chi connectivity index (χ1v) is 17.5. The number of piperazine rings is 1. The van der Waals surface area contributed by atoms with Crippen molar-refractivity contribution in [2.24, 2.45) is 11.3 Å². The number of fused-ring (bicyclic) bond motifs is 2. The van der Waals surface area contributed by atoms with Crippen molar-refractivity contribution in [3.63, 3.8) is 0 Å². The molecule has 12 heteroatoms. The zero-order valence-electron chi connectivity index (χ0n) is 27.9. The van der Waals surface area contributed by atoms with E-state index in [0.29, 0.717) is 26.1 Å². The smallest absolute Gasteiger partial charge is 0.272 e. The number of para-hydroxylation sites is 1. The molecule has 0 radical (unpaired) electrons. The largest absolute Gasteiger partial charge is 0.394 e. The summed E-state index contributed by atoms with van der Waals surface area (Å²) in [6.07, 6.45) is 4.25. The number of likely N-dealkylation sites (tertiary alicyclic amines) is 1.